The number of benzene rings is 1. The zero-order chi connectivity index (χ0) is 18.0. The van der Waals surface area contributed by atoms with Gasteiger partial charge in [-0.05, 0) is 36.4 Å². The average Bonchev–Trinajstić information content (AvgIpc) is 3.03. The lowest BCUT2D eigenvalue weighted by Gasteiger charge is -2.07. The predicted molar refractivity (Wildman–Crippen MR) is 82.5 cm³/mol. The molecule has 1 N–H and O–H groups in total. The molecular formula is C15H8F4N4OS. The van der Waals surface area contributed by atoms with Crippen molar-refractivity contribution in [2.24, 2.45) is 0 Å². The summed E-state index contributed by atoms with van der Waals surface area (Å²) >= 11 is 0.872. The number of halogens is 4. The number of alkyl halides is 3. The van der Waals surface area contributed by atoms with Gasteiger partial charge in [-0.2, -0.15) is 22.5 Å². The van der Waals surface area contributed by atoms with Crippen LogP contribution in [-0.2, 0) is 6.18 Å². The van der Waals surface area contributed by atoms with Crippen molar-refractivity contribution in [1.82, 2.24) is 14.3 Å². The summed E-state index contributed by atoms with van der Waals surface area (Å²) in [4.78, 5) is 19.9. The quantitative estimate of drug-likeness (QED) is 0.710. The van der Waals surface area contributed by atoms with Gasteiger partial charge in [-0.1, -0.05) is 0 Å². The van der Waals surface area contributed by atoms with E-state index in [-0.39, 0.29) is 16.5 Å². The van der Waals surface area contributed by atoms with Crippen molar-refractivity contribution in [3.8, 4) is 11.5 Å². The molecule has 25 heavy (non-hydrogen) atoms. The Balaban J connectivity index is 1.72. The number of hydrogen-bond donors (Lipinski definition) is 1. The summed E-state index contributed by atoms with van der Waals surface area (Å²) < 4.78 is 54.4. The minimum atomic E-state index is -4.47. The topological polar surface area (TPSA) is 67.8 Å². The average molecular weight is 368 g/mol. The monoisotopic (exact) mass is 368 g/mol. The Labute approximate surface area is 142 Å². The van der Waals surface area contributed by atoms with E-state index < -0.39 is 23.5 Å². The highest BCUT2D eigenvalue weighted by Gasteiger charge is 2.30. The molecule has 0 atom stereocenters. The van der Waals surface area contributed by atoms with Crippen molar-refractivity contribution >= 4 is 22.6 Å². The fraction of sp³-hybridized carbons (Fsp3) is 0.0667. The standard InChI is InChI=1S/C15H8F4N4OS/c16-10-5-6-11(20-7-10)12-21-14(25-23-12)22-13(24)8-1-3-9(4-2-8)15(17,18)19/h1-7H,(H,21,22,23,24). The van der Waals surface area contributed by atoms with Gasteiger partial charge in [0.1, 0.15) is 11.5 Å². The fourth-order valence-corrected chi connectivity index (χ4v) is 2.44. The molecule has 0 aliphatic heterocycles. The maximum atomic E-state index is 12.8. The van der Waals surface area contributed by atoms with Crippen molar-refractivity contribution in [3.63, 3.8) is 0 Å². The minimum absolute atomic E-state index is 0.0460. The molecule has 3 rings (SSSR count). The third-order valence-electron chi connectivity index (χ3n) is 3.08. The first-order valence-corrected chi connectivity index (χ1v) is 7.54. The molecule has 10 heteroatoms. The Kier molecular flexibility index (Phi) is 4.45. The van der Waals surface area contributed by atoms with Crippen LogP contribution in [0.25, 0.3) is 11.5 Å². The first-order valence-electron chi connectivity index (χ1n) is 6.77. The normalized spacial score (nSPS) is 11.4. The fourth-order valence-electron chi connectivity index (χ4n) is 1.87. The van der Waals surface area contributed by atoms with E-state index in [9.17, 15) is 22.4 Å². The molecule has 0 radical (unpaired) electrons. The van der Waals surface area contributed by atoms with E-state index in [0.29, 0.717) is 5.69 Å². The van der Waals surface area contributed by atoms with Gasteiger partial charge in [-0.3, -0.25) is 10.1 Å². The summed E-state index contributed by atoms with van der Waals surface area (Å²) in [5.41, 5.74) is -0.470. The number of anilines is 1. The van der Waals surface area contributed by atoms with E-state index in [2.05, 4.69) is 19.7 Å². The van der Waals surface area contributed by atoms with Crippen molar-refractivity contribution in [2.75, 3.05) is 5.32 Å². The molecule has 0 saturated heterocycles. The third kappa shape index (κ3) is 3.97. The largest absolute Gasteiger partial charge is 0.416 e. The van der Waals surface area contributed by atoms with Gasteiger partial charge < -0.3 is 0 Å². The molecule has 128 valence electrons. The van der Waals surface area contributed by atoms with Gasteiger partial charge in [0, 0.05) is 17.1 Å². The van der Waals surface area contributed by atoms with Crippen molar-refractivity contribution < 1.29 is 22.4 Å². The van der Waals surface area contributed by atoms with E-state index in [0.717, 1.165) is 42.0 Å². The summed E-state index contributed by atoms with van der Waals surface area (Å²) in [6, 6.07) is 6.37. The SMILES string of the molecule is O=C(Nc1nc(-c2ccc(F)cn2)ns1)c1ccc(C(F)(F)F)cc1. The number of rotatable bonds is 3. The molecule has 1 amide bonds. The van der Waals surface area contributed by atoms with Crippen LogP contribution in [-0.4, -0.2) is 20.2 Å². The number of pyridine rings is 1. The predicted octanol–water partition coefficient (Wildman–Crippen LogP) is 4.01. The molecule has 0 aliphatic rings. The molecular weight excluding hydrogens is 360 g/mol. The zero-order valence-corrected chi connectivity index (χ0v) is 13.0. The molecule has 0 aliphatic carbocycles. The molecule has 5 nitrogen and oxygen atoms in total. The number of hydrogen-bond acceptors (Lipinski definition) is 5. The first kappa shape index (κ1) is 17.0. The number of carbonyl (C=O) groups excluding carboxylic acids is 1. The molecule has 1 aromatic carbocycles. The van der Waals surface area contributed by atoms with Gasteiger partial charge in [0.15, 0.2) is 5.82 Å². The summed E-state index contributed by atoms with van der Waals surface area (Å²) in [7, 11) is 0. The summed E-state index contributed by atoms with van der Waals surface area (Å²) in [6.45, 7) is 0. The summed E-state index contributed by atoms with van der Waals surface area (Å²) in [6.07, 6.45) is -3.46. The van der Waals surface area contributed by atoms with E-state index >= 15 is 0 Å². The third-order valence-corrected chi connectivity index (χ3v) is 3.71. The second-order valence-corrected chi connectivity index (χ2v) is 5.57. The highest BCUT2D eigenvalue weighted by Crippen LogP contribution is 2.29. The van der Waals surface area contributed by atoms with Gasteiger partial charge in [0.25, 0.3) is 5.91 Å². The maximum absolute atomic E-state index is 12.8. The molecule has 0 bridgehead atoms. The molecule has 2 heterocycles. The highest BCUT2D eigenvalue weighted by atomic mass is 32.1. The molecule has 0 spiro atoms. The molecule has 0 unspecified atom stereocenters. The van der Waals surface area contributed by atoms with E-state index in [4.69, 9.17) is 0 Å². The summed E-state index contributed by atoms with van der Waals surface area (Å²) in [5, 5.41) is 2.59. The minimum Gasteiger partial charge on any atom is -0.297 e. The van der Waals surface area contributed by atoms with Crippen LogP contribution >= 0.6 is 11.5 Å². The lowest BCUT2D eigenvalue weighted by atomic mass is 10.1. The van der Waals surface area contributed by atoms with Crippen LogP contribution in [0.1, 0.15) is 15.9 Å². The first-order chi connectivity index (χ1) is 11.8. The van der Waals surface area contributed by atoms with E-state index in [1.165, 1.54) is 12.1 Å². The smallest absolute Gasteiger partial charge is 0.297 e. The Morgan fingerprint density at radius 2 is 1.80 bits per heavy atom. The van der Waals surface area contributed by atoms with Crippen LogP contribution in [0, 0.1) is 5.82 Å². The molecule has 0 fully saturated rings. The van der Waals surface area contributed by atoms with Crippen LogP contribution in [0.2, 0.25) is 0 Å². The van der Waals surface area contributed by atoms with Crippen LogP contribution in [0.3, 0.4) is 0 Å². The number of nitrogens with one attached hydrogen (secondary N) is 1. The van der Waals surface area contributed by atoms with Crippen molar-refractivity contribution in [2.45, 2.75) is 6.18 Å². The second kappa shape index (κ2) is 6.55. The molecule has 3 aromatic rings. The second-order valence-electron chi connectivity index (χ2n) is 4.81. The zero-order valence-electron chi connectivity index (χ0n) is 12.2. The number of nitrogens with zero attached hydrogens (tertiary/aromatic N) is 3. The van der Waals surface area contributed by atoms with Gasteiger partial charge in [-0.15, -0.1) is 0 Å². The van der Waals surface area contributed by atoms with Gasteiger partial charge in [0.05, 0.1) is 11.8 Å². The van der Waals surface area contributed by atoms with E-state index in [1.54, 1.807) is 0 Å². The van der Waals surface area contributed by atoms with Crippen LogP contribution in [0.4, 0.5) is 22.7 Å². The highest BCUT2D eigenvalue weighted by molar-refractivity contribution is 7.10. The molecule has 2 aromatic heterocycles. The van der Waals surface area contributed by atoms with Gasteiger partial charge >= 0.3 is 6.18 Å². The number of amides is 1. The van der Waals surface area contributed by atoms with Crippen LogP contribution in [0.5, 0.6) is 0 Å². The van der Waals surface area contributed by atoms with Crippen LogP contribution in [0.15, 0.2) is 42.6 Å². The van der Waals surface area contributed by atoms with E-state index in [1.807, 2.05) is 0 Å². The number of carbonyl (C=O) groups is 1. The Bertz CT molecular complexity index is 891. The Hall–Kier alpha value is -2.88. The van der Waals surface area contributed by atoms with Crippen molar-refractivity contribution in [1.29, 1.82) is 0 Å². The summed E-state index contributed by atoms with van der Waals surface area (Å²) in [5.74, 6) is -0.925. The Morgan fingerprint density at radius 3 is 2.40 bits per heavy atom. The van der Waals surface area contributed by atoms with Crippen LogP contribution < -0.4 is 5.32 Å². The lowest BCUT2D eigenvalue weighted by molar-refractivity contribution is -0.137. The Morgan fingerprint density at radius 1 is 1.08 bits per heavy atom. The van der Waals surface area contributed by atoms with Gasteiger partial charge in [-0.25, -0.2) is 9.37 Å². The lowest BCUT2D eigenvalue weighted by Crippen LogP contribution is -2.12. The molecule has 0 saturated carbocycles. The van der Waals surface area contributed by atoms with Crippen molar-refractivity contribution in [3.05, 3.63) is 59.5 Å². The number of aromatic nitrogens is 3. The maximum Gasteiger partial charge on any atom is 0.416 e. The van der Waals surface area contributed by atoms with Gasteiger partial charge in [0.2, 0.25) is 5.13 Å².